The van der Waals surface area contributed by atoms with E-state index in [1.54, 1.807) is 6.07 Å². The number of halogens is 1. The van der Waals surface area contributed by atoms with Crippen molar-refractivity contribution in [3.8, 4) is 0 Å². The highest BCUT2D eigenvalue weighted by molar-refractivity contribution is 6.32. The molecule has 3 heteroatoms. The summed E-state index contributed by atoms with van der Waals surface area (Å²) in [5.41, 5.74) is 9.28. The Kier molecular flexibility index (Phi) is 3.17. The van der Waals surface area contributed by atoms with Gasteiger partial charge in [0.1, 0.15) is 0 Å². The molecule has 0 aromatic heterocycles. The van der Waals surface area contributed by atoms with Crippen molar-refractivity contribution in [3.05, 3.63) is 27.8 Å². The highest BCUT2D eigenvalue weighted by Gasteiger charge is 2.13. The lowest BCUT2D eigenvalue weighted by Crippen LogP contribution is -2.04. The Morgan fingerprint density at radius 2 is 2.07 bits per heavy atom. The number of nitrogens with two attached hydrogens (primary N) is 1. The molecule has 0 fully saturated rings. The molecule has 1 aromatic rings. The number of rotatable bonds is 2. The molecule has 0 saturated carbocycles. The van der Waals surface area contributed by atoms with Gasteiger partial charge in [-0.25, -0.2) is 0 Å². The lowest BCUT2D eigenvalue weighted by Gasteiger charge is -2.16. The van der Waals surface area contributed by atoms with Crippen molar-refractivity contribution in [2.45, 2.75) is 26.7 Å². The second-order valence-electron chi connectivity index (χ2n) is 3.70. The second-order valence-corrected chi connectivity index (χ2v) is 4.11. The van der Waals surface area contributed by atoms with Crippen molar-refractivity contribution in [3.63, 3.8) is 0 Å². The Bertz CT molecular complexity index is 370. The standard InChI is InChI=1S/C11H15ClN2/c1-6(2)11-7(3)9(12)4-10(14)8(11)5-13/h4-6,13H,14H2,1-3H3. The number of nitrogen functional groups attached to an aromatic ring is 1. The van der Waals surface area contributed by atoms with Crippen LogP contribution in [-0.2, 0) is 0 Å². The minimum Gasteiger partial charge on any atom is -0.398 e. The van der Waals surface area contributed by atoms with Gasteiger partial charge in [0.2, 0.25) is 0 Å². The Morgan fingerprint density at radius 3 is 2.50 bits per heavy atom. The lowest BCUT2D eigenvalue weighted by molar-refractivity contribution is 0.855. The molecule has 0 heterocycles. The zero-order valence-electron chi connectivity index (χ0n) is 8.69. The van der Waals surface area contributed by atoms with Gasteiger partial charge in [0.25, 0.3) is 0 Å². The maximum absolute atomic E-state index is 7.34. The van der Waals surface area contributed by atoms with E-state index in [0.29, 0.717) is 16.6 Å². The molecule has 1 rings (SSSR count). The number of anilines is 1. The predicted octanol–water partition coefficient (Wildman–Crippen LogP) is 3.35. The molecule has 0 saturated heterocycles. The maximum atomic E-state index is 7.34. The maximum Gasteiger partial charge on any atom is 0.0458 e. The third-order valence-electron chi connectivity index (χ3n) is 2.37. The molecule has 0 unspecified atom stereocenters. The molecule has 0 amide bonds. The van der Waals surface area contributed by atoms with Crippen LogP contribution in [0.5, 0.6) is 0 Å². The zero-order chi connectivity index (χ0) is 10.9. The summed E-state index contributed by atoms with van der Waals surface area (Å²) in [6.45, 7) is 6.11. The van der Waals surface area contributed by atoms with Gasteiger partial charge >= 0.3 is 0 Å². The number of hydrogen-bond donors (Lipinski definition) is 2. The first-order valence-corrected chi connectivity index (χ1v) is 4.95. The van der Waals surface area contributed by atoms with E-state index in [4.69, 9.17) is 22.7 Å². The van der Waals surface area contributed by atoms with Gasteiger partial charge in [0, 0.05) is 22.5 Å². The second kappa shape index (κ2) is 4.01. The fraction of sp³-hybridized carbons (Fsp3) is 0.364. The number of hydrogen-bond acceptors (Lipinski definition) is 2. The summed E-state index contributed by atoms with van der Waals surface area (Å²) in [6.07, 6.45) is 1.30. The van der Waals surface area contributed by atoms with Crippen molar-refractivity contribution in [2.75, 3.05) is 5.73 Å². The van der Waals surface area contributed by atoms with E-state index in [-0.39, 0.29) is 0 Å². The van der Waals surface area contributed by atoms with Crippen LogP contribution in [0.15, 0.2) is 6.07 Å². The Balaban J connectivity index is 3.56. The minimum absolute atomic E-state index is 0.326. The fourth-order valence-electron chi connectivity index (χ4n) is 1.71. The first-order valence-electron chi connectivity index (χ1n) is 4.58. The summed E-state index contributed by atoms with van der Waals surface area (Å²) in [4.78, 5) is 0. The van der Waals surface area contributed by atoms with Gasteiger partial charge in [0.05, 0.1) is 0 Å². The van der Waals surface area contributed by atoms with Crippen LogP contribution in [0.2, 0.25) is 5.02 Å². The van der Waals surface area contributed by atoms with Gasteiger partial charge in [-0.2, -0.15) is 0 Å². The lowest BCUT2D eigenvalue weighted by atomic mass is 9.92. The molecule has 76 valence electrons. The average molecular weight is 211 g/mol. The normalized spacial score (nSPS) is 10.6. The third kappa shape index (κ3) is 1.75. The Hall–Kier alpha value is -1.02. The molecule has 0 atom stereocenters. The molecule has 0 radical (unpaired) electrons. The van der Waals surface area contributed by atoms with Gasteiger partial charge in [-0.05, 0) is 30.0 Å². The summed E-state index contributed by atoms with van der Waals surface area (Å²) in [5, 5.41) is 8.02. The monoisotopic (exact) mass is 210 g/mol. The van der Waals surface area contributed by atoms with Crippen LogP contribution in [0.4, 0.5) is 5.69 Å². The Morgan fingerprint density at radius 1 is 1.50 bits per heavy atom. The SMILES string of the molecule is Cc1c(Cl)cc(N)c(C=N)c1C(C)C. The van der Waals surface area contributed by atoms with Crippen LogP contribution in [0.25, 0.3) is 0 Å². The van der Waals surface area contributed by atoms with Crippen molar-refractivity contribution in [2.24, 2.45) is 0 Å². The molecule has 2 nitrogen and oxygen atoms in total. The average Bonchev–Trinajstić information content (AvgIpc) is 2.10. The van der Waals surface area contributed by atoms with E-state index in [1.807, 2.05) is 6.92 Å². The molecule has 1 aromatic carbocycles. The van der Waals surface area contributed by atoms with Crippen LogP contribution in [0.1, 0.15) is 36.5 Å². The third-order valence-corrected chi connectivity index (χ3v) is 2.76. The smallest absolute Gasteiger partial charge is 0.0458 e. The van der Waals surface area contributed by atoms with Crippen molar-refractivity contribution < 1.29 is 0 Å². The van der Waals surface area contributed by atoms with E-state index in [2.05, 4.69) is 13.8 Å². The molecule has 3 N–H and O–H groups in total. The molecule has 14 heavy (non-hydrogen) atoms. The summed E-state index contributed by atoms with van der Waals surface area (Å²) in [6, 6.07) is 1.71. The highest BCUT2D eigenvalue weighted by Crippen LogP contribution is 2.31. The van der Waals surface area contributed by atoms with Crippen molar-refractivity contribution in [1.29, 1.82) is 5.41 Å². The number of nitrogens with one attached hydrogen (secondary N) is 1. The summed E-state index contributed by atoms with van der Waals surface area (Å²) < 4.78 is 0. The van der Waals surface area contributed by atoms with Crippen molar-refractivity contribution in [1.82, 2.24) is 0 Å². The van der Waals surface area contributed by atoms with Crippen LogP contribution in [-0.4, -0.2) is 6.21 Å². The highest BCUT2D eigenvalue weighted by atomic mass is 35.5. The first kappa shape index (κ1) is 11.1. The fourth-order valence-corrected chi connectivity index (χ4v) is 1.93. The molecule has 0 aliphatic heterocycles. The minimum atomic E-state index is 0.326. The van der Waals surface area contributed by atoms with Gasteiger partial charge in [-0.3, -0.25) is 0 Å². The quantitative estimate of drug-likeness (QED) is 0.571. The first-order chi connectivity index (χ1) is 6.49. The molecular formula is C11H15ClN2. The van der Waals surface area contributed by atoms with Crippen LogP contribution in [0.3, 0.4) is 0 Å². The summed E-state index contributed by atoms with van der Waals surface area (Å²) >= 11 is 6.04. The number of benzene rings is 1. The van der Waals surface area contributed by atoms with E-state index >= 15 is 0 Å². The molecular weight excluding hydrogens is 196 g/mol. The molecule has 0 spiro atoms. The van der Waals surface area contributed by atoms with Gasteiger partial charge in [0.15, 0.2) is 0 Å². The molecule has 0 bridgehead atoms. The van der Waals surface area contributed by atoms with Crippen LogP contribution in [0, 0.1) is 12.3 Å². The van der Waals surface area contributed by atoms with E-state index in [9.17, 15) is 0 Å². The summed E-state index contributed by atoms with van der Waals surface area (Å²) in [7, 11) is 0. The topological polar surface area (TPSA) is 49.9 Å². The van der Waals surface area contributed by atoms with Crippen LogP contribution >= 0.6 is 11.6 Å². The zero-order valence-corrected chi connectivity index (χ0v) is 9.44. The molecule has 0 aliphatic rings. The Labute approximate surface area is 89.6 Å². The van der Waals surface area contributed by atoms with E-state index in [1.165, 1.54) is 6.21 Å². The largest absolute Gasteiger partial charge is 0.398 e. The van der Waals surface area contributed by atoms with Crippen LogP contribution < -0.4 is 5.73 Å². The summed E-state index contributed by atoms with van der Waals surface area (Å²) in [5.74, 6) is 0.326. The van der Waals surface area contributed by atoms with Gasteiger partial charge in [-0.15, -0.1) is 0 Å². The molecule has 0 aliphatic carbocycles. The van der Waals surface area contributed by atoms with Gasteiger partial charge < -0.3 is 11.1 Å². The van der Waals surface area contributed by atoms with E-state index in [0.717, 1.165) is 16.7 Å². The van der Waals surface area contributed by atoms with E-state index < -0.39 is 0 Å². The predicted molar refractivity (Wildman–Crippen MR) is 62.6 cm³/mol. The van der Waals surface area contributed by atoms with Gasteiger partial charge in [-0.1, -0.05) is 25.4 Å². The van der Waals surface area contributed by atoms with Crippen molar-refractivity contribution >= 4 is 23.5 Å².